The number of carbonyl (C=O) groups excluding carboxylic acids is 2. The topological polar surface area (TPSA) is 72.6 Å². The second kappa shape index (κ2) is 7.77. The van der Waals surface area contributed by atoms with Crippen LogP contribution in [0, 0.1) is 9.39 Å². The quantitative estimate of drug-likeness (QED) is 0.272. The third kappa shape index (κ3) is 3.27. The Morgan fingerprint density at radius 2 is 1.58 bits per heavy atom. The highest BCUT2D eigenvalue weighted by Crippen LogP contribution is 2.36. The SMILES string of the molecule is O=C1c2ccccc2C(=O)N1CCOc1ccc2c(-c3ccccc3F)noc2c1I. The molecule has 0 bridgehead atoms. The van der Waals surface area contributed by atoms with Gasteiger partial charge in [-0.1, -0.05) is 29.4 Å². The number of benzene rings is 3. The number of carbonyl (C=O) groups is 2. The minimum absolute atomic E-state index is 0.122. The summed E-state index contributed by atoms with van der Waals surface area (Å²) in [5, 5.41) is 4.71. The largest absolute Gasteiger partial charge is 0.490 e. The molecule has 1 aliphatic heterocycles. The number of aromatic nitrogens is 1. The van der Waals surface area contributed by atoms with Crippen molar-refractivity contribution < 1.29 is 23.2 Å². The van der Waals surface area contributed by atoms with Crippen LogP contribution in [0.3, 0.4) is 0 Å². The van der Waals surface area contributed by atoms with E-state index in [1.807, 2.05) is 0 Å². The number of imide groups is 1. The van der Waals surface area contributed by atoms with Crippen LogP contribution in [0.1, 0.15) is 20.7 Å². The molecule has 0 aliphatic carbocycles. The third-order valence-corrected chi connectivity index (χ3v) is 6.15. The molecule has 1 aliphatic rings. The van der Waals surface area contributed by atoms with Gasteiger partial charge >= 0.3 is 0 Å². The van der Waals surface area contributed by atoms with Crippen LogP contribution in [0.5, 0.6) is 5.75 Å². The van der Waals surface area contributed by atoms with E-state index in [-0.39, 0.29) is 30.8 Å². The van der Waals surface area contributed by atoms with E-state index in [2.05, 4.69) is 27.7 Å². The van der Waals surface area contributed by atoms with Crippen molar-refractivity contribution in [3.05, 3.63) is 81.2 Å². The summed E-state index contributed by atoms with van der Waals surface area (Å²) in [7, 11) is 0. The first-order chi connectivity index (χ1) is 15.1. The molecule has 5 rings (SSSR count). The Morgan fingerprint density at radius 1 is 0.935 bits per heavy atom. The average molecular weight is 528 g/mol. The van der Waals surface area contributed by atoms with Crippen molar-refractivity contribution in [2.24, 2.45) is 0 Å². The Balaban J connectivity index is 1.34. The lowest BCUT2D eigenvalue weighted by atomic mass is 10.1. The number of nitrogens with zero attached hydrogens (tertiary/aromatic N) is 2. The molecule has 0 radical (unpaired) electrons. The Kier molecular flexibility index (Phi) is 4.93. The second-order valence-electron chi connectivity index (χ2n) is 6.92. The van der Waals surface area contributed by atoms with Crippen LogP contribution in [0.2, 0.25) is 0 Å². The molecule has 1 aromatic heterocycles. The Hall–Kier alpha value is -3.27. The van der Waals surface area contributed by atoms with Crippen LogP contribution < -0.4 is 4.74 Å². The van der Waals surface area contributed by atoms with E-state index in [0.29, 0.717) is 42.7 Å². The van der Waals surface area contributed by atoms with Crippen LogP contribution in [-0.2, 0) is 0 Å². The van der Waals surface area contributed by atoms with Crippen LogP contribution in [0.25, 0.3) is 22.2 Å². The molecule has 0 N–H and O–H groups in total. The molecule has 0 saturated carbocycles. The van der Waals surface area contributed by atoms with Crippen molar-refractivity contribution in [1.29, 1.82) is 0 Å². The number of ether oxygens (including phenoxy) is 1. The molecular formula is C23H14FIN2O4. The zero-order valence-electron chi connectivity index (χ0n) is 16.0. The summed E-state index contributed by atoms with van der Waals surface area (Å²) >= 11 is 2.08. The molecule has 0 saturated heterocycles. The van der Waals surface area contributed by atoms with Gasteiger partial charge < -0.3 is 9.26 Å². The first-order valence-electron chi connectivity index (χ1n) is 9.47. The van der Waals surface area contributed by atoms with Crippen LogP contribution in [-0.4, -0.2) is 35.0 Å². The predicted molar refractivity (Wildman–Crippen MR) is 119 cm³/mol. The van der Waals surface area contributed by atoms with Gasteiger partial charge in [0.05, 0.1) is 23.1 Å². The lowest BCUT2D eigenvalue weighted by molar-refractivity contribution is 0.0631. The molecule has 4 aromatic rings. The van der Waals surface area contributed by atoms with E-state index in [0.717, 1.165) is 0 Å². The normalized spacial score (nSPS) is 13.2. The van der Waals surface area contributed by atoms with Crippen molar-refractivity contribution in [2.75, 3.05) is 13.2 Å². The van der Waals surface area contributed by atoms with Crippen molar-refractivity contribution >= 4 is 45.4 Å². The van der Waals surface area contributed by atoms with E-state index in [4.69, 9.17) is 9.26 Å². The standard InChI is InChI=1S/C23H14FIN2O4/c24-17-8-4-3-7-15(17)20-16-9-10-18(19(25)21(16)31-26-20)30-12-11-27-22(28)13-5-1-2-6-14(13)23(27)29/h1-10H,11-12H2. The molecule has 8 heteroatoms. The maximum Gasteiger partial charge on any atom is 0.261 e. The highest BCUT2D eigenvalue weighted by molar-refractivity contribution is 14.1. The van der Waals surface area contributed by atoms with Crippen molar-refractivity contribution in [2.45, 2.75) is 0 Å². The summed E-state index contributed by atoms with van der Waals surface area (Å²) in [6.45, 7) is 0.249. The molecule has 0 atom stereocenters. The maximum atomic E-state index is 14.2. The van der Waals surface area contributed by atoms with Gasteiger partial charge in [-0.05, 0) is 59.0 Å². The molecule has 154 valence electrons. The van der Waals surface area contributed by atoms with Gasteiger partial charge in [-0.2, -0.15) is 0 Å². The summed E-state index contributed by atoms with van der Waals surface area (Å²) in [4.78, 5) is 26.1. The Morgan fingerprint density at radius 3 is 2.26 bits per heavy atom. The molecule has 6 nitrogen and oxygen atoms in total. The highest BCUT2D eigenvalue weighted by atomic mass is 127. The van der Waals surface area contributed by atoms with E-state index in [1.54, 1.807) is 54.6 Å². The summed E-state index contributed by atoms with van der Waals surface area (Å²) in [5.41, 5.74) is 2.08. The van der Waals surface area contributed by atoms with E-state index >= 15 is 0 Å². The van der Waals surface area contributed by atoms with Gasteiger partial charge in [-0.15, -0.1) is 0 Å². The van der Waals surface area contributed by atoms with Crippen LogP contribution in [0.4, 0.5) is 4.39 Å². The minimum atomic E-state index is -0.381. The lowest BCUT2D eigenvalue weighted by Crippen LogP contribution is -2.33. The minimum Gasteiger partial charge on any atom is -0.490 e. The molecule has 0 unspecified atom stereocenters. The zero-order valence-corrected chi connectivity index (χ0v) is 18.1. The summed E-state index contributed by atoms with van der Waals surface area (Å²) in [5.74, 6) is -0.492. The fourth-order valence-corrected chi connectivity index (χ4v) is 4.33. The molecule has 3 aromatic carbocycles. The second-order valence-corrected chi connectivity index (χ2v) is 8.00. The number of hydrogen-bond donors (Lipinski definition) is 0. The van der Waals surface area contributed by atoms with E-state index in [1.165, 1.54) is 11.0 Å². The predicted octanol–water partition coefficient (Wildman–Crippen LogP) is 4.91. The monoisotopic (exact) mass is 528 g/mol. The lowest BCUT2D eigenvalue weighted by Gasteiger charge is -2.15. The van der Waals surface area contributed by atoms with Gasteiger partial charge in [-0.3, -0.25) is 14.5 Å². The van der Waals surface area contributed by atoms with Gasteiger partial charge in [-0.25, -0.2) is 4.39 Å². The molecule has 31 heavy (non-hydrogen) atoms. The van der Waals surface area contributed by atoms with Crippen molar-refractivity contribution in [3.8, 4) is 17.0 Å². The number of fused-ring (bicyclic) bond motifs is 2. The fraction of sp³-hybridized carbons (Fsp3) is 0.0870. The third-order valence-electron chi connectivity index (χ3n) is 5.12. The van der Waals surface area contributed by atoms with Gasteiger partial charge in [0.15, 0.2) is 5.58 Å². The van der Waals surface area contributed by atoms with Crippen molar-refractivity contribution in [1.82, 2.24) is 10.1 Å². The summed E-state index contributed by atoms with van der Waals surface area (Å²) < 4.78 is 26.1. The molecule has 2 amide bonds. The molecule has 0 spiro atoms. The maximum absolute atomic E-state index is 14.2. The van der Waals surface area contributed by atoms with Crippen LogP contribution >= 0.6 is 22.6 Å². The first kappa shape index (κ1) is 19.7. The van der Waals surface area contributed by atoms with Gasteiger partial charge in [0.2, 0.25) is 0 Å². The fourth-order valence-electron chi connectivity index (χ4n) is 3.60. The molecular weight excluding hydrogens is 514 g/mol. The average Bonchev–Trinajstić information content (AvgIpc) is 3.31. The Labute approximate surface area is 189 Å². The van der Waals surface area contributed by atoms with Crippen LogP contribution in [0.15, 0.2) is 65.2 Å². The summed E-state index contributed by atoms with van der Waals surface area (Å²) in [6, 6.07) is 16.6. The van der Waals surface area contributed by atoms with E-state index in [9.17, 15) is 14.0 Å². The number of amides is 2. The first-order valence-corrected chi connectivity index (χ1v) is 10.5. The van der Waals surface area contributed by atoms with Gasteiger partial charge in [0, 0.05) is 5.56 Å². The highest BCUT2D eigenvalue weighted by Gasteiger charge is 2.34. The van der Waals surface area contributed by atoms with Gasteiger partial charge in [0.1, 0.15) is 27.4 Å². The Bertz CT molecular complexity index is 1320. The van der Waals surface area contributed by atoms with Crippen molar-refractivity contribution in [3.63, 3.8) is 0 Å². The number of halogens is 2. The molecule has 0 fully saturated rings. The smallest absolute Gasteiger partial charge is 0.261 e. The number of rotatable bonds is 5. The number of hydrogen-bond acceptors (Lipinski definition) is 5. The van der Waals surface area contributed by atoms with Gasteiger partial charge in [0.25, 0.3) is 11.8 Å². The zero-order chi connectivity index (χ0) is 21.5. The van der Waals surface area contributed by atoms with E-state index < -0.39 is 0 Å². The molecule has 2 heterocycles. The summed E-state index contributed by atoms with van der Waals surface area (Å²) in [6.07, 6.45) is 0.